The first-order chi connectivity index (χ1) is 9.24. The minimum absolute atomic E-state index is 0.0390. The van der Waals surface area contributed by atoms with Crippen molar-refractivity contribution in [1.29, 1.82) is 0 Å². The van der Waals surface area contributed by atoms with Crippen LogP contribution in [0.4, 0.5) is 0 Å². The highest BCUT2D eigenvalue weighted by molar-refractivity contribution is 6.27. The topological polar surface area (TPSA) is 41.1 Å². The number of amides is 1. The van der Waals surface area contributed by atoms with Crippen LogP contribution in [-0.4, -0.2) is 31.4 Å². The van der Waals surface area contributed by atoms with E-state index in [1.54, 1.807) is 0 Å². The number of piperidine rings is 1. The van der Waals surface area contributed by atoms with Gasteiger partial charge in [0.1, 0.15) is 5.88 Å². The monoisotopic (exact) mass is 290 g/mol. The van der Waals surface area contributed by atoms with Gasteiger partial charge < -0.3 is 10.6 Å². The molecule has 0 aromatic rings. The number of rotatable bonds is 3. The van der Waals surface area contributed by atoms with Gasteiger partial charge in [-0.25, -0.2) is 0 Å². The Morgan fingerprint density at radius 2 is 1.74 bits per heavy atom. The molecule has 1 aliphatic carbocycles. The minimum atomic E-state index is -0.0390. The molecule has 2 rings (SSSR count). The first-order valence-electron chi connectivity index (χ1n) is 7.77. The van der Waals surface area contributed by atoms with E-state index in [0.717, 1.165) is 6.54 Å². The summed E-state index contributed by atoms with van der Waals surface area (Å²) in [7, 11) is 0. The second-order valence-electron chi connectivity index (χ2n) is 4.96. The van der Waals surface area contributed by atoms with Gasteiger partial charge in [0.15, 0.2) is 0 Å². The molecule has 0 aromatic carbocycles. The molecule has 1 amide bonds. The van der Waals surface area contributed by atoms with Crippen molar-refractivity contribution in [3.05, 3.63) is 0 Å². The van der Waals surface area contributed by atoms with Crippen molar-refractivity contribution in [2.75, 3.05) is 25.5 Å². The lowest BCUT2D eigenvalue weighted by atomic mass is 9.58. The molecule has 1 spiro atoms. The van der Waals surface area contributed by atoms with E-state index in [4.69, 9.17) is 11.6 Å². The zero-order chi connectivity index (χ0) is 14.7. The number of nitrogens with one attached hydrogen (secondary N) is 2. The summed E-state index contributed by atoms with van der Waals surface area (Å²) in [5.41, 5.74) is 0.613. The van der Waals surface area contributed by atoms with Crippen molar-refractivity contribution in [1.82, 2.24) is 10.6 Å². The summed E-state index contributed by atoms with van der Waals surface area (Å²) in [6.45, 7) is 11.2. The highest BCUT2D eigenvalue weighted by atomic mass is 35.5. The number of alkyl halides is 1. The maximum atomic E-state index is 11.0. The SMILES string of the molecule is CC.CC.O=C(CCl)NCC1CC2(CCNCC2)C1. The van der Waals surface area contributed by atoms with Crippen LogP contribution in [0.5, 0.6) is 0 Å². The Kier molecular flexibility index (Phi) is 10.3. The average molecular weight is 291 g/mol. The van der Waals surface area contributed by atoms with E-state index in [1.165, 1.54) is 38.8 Å². The van der Waals surface area contributed by atoms with Crippen LogP contribution in [0.1, 0.15) is 53.4 Å². The van der Waals surface area contributed by atoms with E-state index < -0.39 is 0 Å². The molecule has 1 heterocycles. The Labute approximate surface area is 123 Å². The molecule has 0 bridgehead atoms. The largest absolute Gasteiger partial charge is 0.355 e. The van der Waals surface area contributed by atoms with Gasteiger partial charge in [-0.15, -0.1) is 11.6 Å². The van der Waals surface area contributed by atoms with E-state index >= 15 is 0 Å². The zero-order valence-corrected chi connectivity index (χ0v) is 13.8. The lowest BCUT2D eigenvalue weighted by Gasteiger charge is -2.50. The van der Waals surface area contributed by atoms with E-state index in [9.17, 15) is 4.79 Å². The van der Waals surface area contributed by atoms with E-state index in [0.29, 0.717) is 11.3 Å². The Bertz CT molecular complexity index is 232. The van der Waals surface area contributed by atoms with Crippen LogP contribution in [0.25, 0.3) is 0 Å². The van der Waals surface area contributed by atoms with Crippen LogP contribution in [0.2, 0.25) is 0 Å². The Balaban J connectivity index is 0.000000741. The van der Waals surface area contributed by atoms with Crippen LogP contribution in [0.15, 0.2) is 0 Å². The van der Waals surface area contributed by atoms with Gasteiger partial charge in [0.25, 0.3) is 0 Å². The van der Waals surface area contributed by atoms with Crippen molar-refractivity contribution in [2.45, 2.75) is 53.4 Å². The van der Waals surface area contributed by atoms with Gasteiger partial charge in [-0.1, -0.05) is 27.7 Å². The summed E-state index contributed by atoms with van der Waals surface area (Å²) >= 11 is 5.42. The van der Waals surface area contributed by atoms with Gasteiger partial charge in [-0.2, -0.15) is 0 Å². The van der Waals surface area contributed by atoms with E-state index in [-0.39, 0.29) is 11.8 Å². The third-order valence-electron chi connectivity index (χ3n) is 3.82. The minimum Gasteiger partial charge on any atom is -0.355 e. The van der Waals surface area contributed by atoms with Crippen LogP contribution in [-0.2, 0) is 4.79 Å². The van der Waals surface area contributed by atoms with E-state index in [2.05, 4.69) is 10.6 Å². The normalized spacial score (nSPS) is 20.3. The molecule has 2 fully saturated rings. The van der Waals surface area contributed by atoms with Crippen molar-refractivity contribution in [2.24, 2.45) is 11.3 Å². The molecule has 0 unspecified atom stereocenters. The van der Waals surface area contributed by atoms with Crippen LogP contribution in [0, 0.1) is 11.3 Å². The molecular formula is C15H31ClN2O. The molecule has 19 heavy (non-hydrogen) atoms. The summed E-state index contributed by atoms with van der Waals surface area (Å²) < 4.78 is 0. The molecule has 2 N–H and O–H groups in total. The predicted octanol–water partition coefficient (Wildman–Crippen LogP) is 3.17. The lowest BCUT2D eigenvalue weighted by molar-refractivity contribution is -0.119. The van der Waals surface area contributed by atoms with Crippen molar-refractivity contribution in [3.8, 4) is 0 Å². The fraction of sp³-hybridized carbons (Fsp3) is 0.933. The second-order valence-corrected chi connectivity index (χ2v) is 5.23. The van der Waals surface area contributed by atoms with Crippen LogP contribution < -0.4 is 10.6 Å². The standard InChI is InChI=1S/C11H19ClN2O.2C2H6/c12-7-10(15)14-8-9-5-11(6-9)1-3-13-4-2-11;2*1-2/h9,13H,1-8H2,(H,14,15);2*1-2H3. The summed E-state index contributed by atoms with van der Waals surface area (Å²) in [4.78, 5) is 11.0. The maximum absolute atomic E-state index is 11.0. The number of hydrogen-bond acceptors (Lipinski definition) is 2. The third-order valence-corrected chi connectivity index (χ3v) is 4.06. The van der Waals surface area contributed by atoms with Gasteiger partial charge in [-0.3, -0.25) is 4.79 Å². The van der Waals surface area contributed by atoms with E-state index in [1.807, 2.05) is 27.7 Å². The first-order valence-corrected chi connectivity index (χ1v) is 8.31. The molecule has 1 aliphatic heterocycles. The molecular weight excluding hydrogens is 260 g/mol. The number of halogens is 1. The number of carbonyl (C=O) groups is 1. The van der Waals surface area contributed by atoms with Gasteiger partial charge in [0.05, 0.1) is 0 Å². The maximum Gasteiger partial charge on any atom is 0.234 e. The summed E-state index contributed by atoms with van der Waals surface area (Å²) in [5, 5.41) is 6.26. The fourth-order valence-electron chi connectivity index (χ4n) is 2.98. The molecule has 114 valence electrons. The quantitative estimate of drug-likeness (QED) is 0.784. The molecule has 0 radical (unpaired) electrons. The van der Waals surface area contributed by atoms with Crippen LogP contribution >= 0.6 is 11.6 Å². The summed E-state index contributed by atoms with van der Waals surface area (Å²) in [6.07, 6.45) is 5.20. The van der Waals surface area contributed by atoms with Gasteiger partial charge >= 0.3 is 0 Å². The average Bonchev–Trinajstić information content (AvgIpc) is 2.47. The van der Waals surface area contributed by atoms with Crippen LogP contribution in [0.3, 0.4) is 0 Å². The molecule has 0 aromatic heterocycles. The third kappa shape index (κ3) is 6.13. The highest BCUT2D eigenvalue weighted by Gasteiger charge is 2.44. The molecule has 2 aliphatic rings. The summed E-state index contributed by atoms with van der Waals surface area (Å²) in [5.74, 6) is 0.736. The molecule has 4 heteroatoms. The fourth-order valence-corrected chi connectivity index (χ4v) is 3.07. The van der Waals surface area contributed by atoms with Crippen molar-refractivity contribution < 1.29 is 4.79 Å². The van der Waals surface area contributed by atoms with Gasteiger partial charge in [0.2, 0.25) is 5.91 Å². The zero-order valence-electron chi connectivity index (χ0n) is 13.0. The smallest absolute Gasteiger partial charge is 0.234 e. The number of hydrogen-bond donors (Lipinski definition) is 2. The Hall–Kier alpha value is -0.280. The van der Waals surface area contributed by atoms with Gasteiger partial charge in [0, 0.05) is 6.54 Å². The highest BCUT2D eigenvalue weighted by Crippen LogP contribution is 2.51. The first kappa shape index (κ1) is 18.7. The van der Waals surface area contributed by atoms with Gasteiger partial charge in [-0.05, 0) is 50.1 Å². The Morgan fingerprint density at radius 3 is 2.21 bits per heavy atom. The molecule has 1 saturated heterocycles. The Morgan fingerprint density at radius 1 is 1.21 bits per heavy atom. The molecule has 0 atom stereocenters. The summed E-state index contributed by atoms with van der Waals surface area (Å²) in [6, 6.07) is 0. The van der Waals surface area contributed by atoms with Crippen molar-refractivity contribution >= 4 is 17.5 Å². The molecule has 1 saturated carbocycles. The molecule has 3 nitrogen and oxygen atoms in total. The predicted molar refractivity (Wildman–Crippen MR) is 83.7 cm³/mol. The van der Waals surface area contributed by atoms with Crippen molar-refractivity contribution in [3.63, 3.8) is 0 Å². The second kappa shape index (κ2) is 10.5. The lowest BCUT2D eigenvalue weighted by Crippen LogP contribution is -2.48. The number of carbonyl (C=O) groups excluding carboxylic acids is 1.